The van der Waals surface area contributed by atoms with E-state index in [0.717, 1.165) is 18.4 Å². The lowest BCUT2D eigenvalue weighted by atomic mass is 10.2. The van der Waals surface area contributed by atoms with Gasteiger partial charge in [-0.3, -0.25) is 0 Å². The first-order valence-corrected chi connectivity index (χ1v) is 10.2. The molecule has 0 atom stereocenters. The number of sulfonamides is 1. The van der Waals surface area contributed by atoms with Gasteiger partial charge in [-0.1, -0.05) is 29.8 Å². The first kappa shape index (κ1) is 18.7. The van der Waals surface area contributed by atoms with E-state index in [4.69, 9.17) is 11.6 Å². The minimum absolute atomic E-state index is 0.284. The number of benzene rings is 2. The third kappa shape index (κ3) is 4.55. The van der Waals surface area contributed by atoms with E-state index in [-0.39, 0.29) is 17.5 Å². The van der Waals surface area contributed by atoms with Gasteiger partial charge in [0, 0.05) is 30.3 Å². The second kappa shape index (κ2) is 8.07. The Balaban J connectivity index is 1.56. The van der Waals surface area contributed by atoms with Gasteiger partial charge in [-0.05, 0) is 48.7 Å². The molecule has 1 saturated heterocycles. The van der Waals surface area contributed by atoms with Crippen LogP contribution < -0.4 is 10.6 Å². The number of hydrogen-bond donors (Lipinski definition) is 2. The van der Waals surface area contributed by atoms with E-state index in [9.17, 15) is 13.2 Å². The van der Waals surface area contributed by atoms with Crippen molar-refractivity contribution in [2.24, 2.45) is 0 Å². The predicted octanol–water partition coefficient (Wildman–Crippen LogP) is 3.45. The molecule has 3 rings (SSSR count). The van der Waals surface area contributed by atoms with Crippen molar-refractivity contribution in [1.29, 1.82) is 0 Å². The second-order valence-electron chi connectivity index (χ2n) is 6.07. The molecule has 0 aliphatic carbocycles. The molecule has 2 aromatic carbocycles. The van der Waals surface area contributed by atoms with Crippen LogP contribution in [0.1, 0.15) is 18.4 Å². The highest BCUT2D eigenvalue weighted by molar-refractivity contribution is 7.89. The van der Waals surface area contributed by atoms with Crippen LogP contribution in [-0.4, -0.2) is 31.8 Å². The molecule has 1 fully saturated rings. The third-order valence-electron chi connectivity index (χ3n) is 4.16. The fourth-order valence-corrected chi connectivity index (χ4v) is 4.49. The van der Waals surface area contributed by atoms with Crippen LogP contribution in [0.2, 0.25) is 5.02 Å². The first-order chi connectivity index (χ1) is 12.4. The highest BCUT2D eigenvalue weighted by atomic mass is 35.5. The zero-order chi connectivity index (χ0) is 18.6. The van der Waals surface area contributed by atoms with Gasteiger partial charge >= 0.3 is 6.03 Å². The number of halogens is 1. The number of carbonyl (C=O) groups is 1. The first-order valence-electron chi connectivity index (χ1n) is 8.35. The number of nitrogens with one attached hydrogen (secondary N) is 2. The molecule has 0 saturated carbocycles. The largest absolute Gasteiger partial charge is 0.334 e. The highest BCUT2D eigenvalue weighted by Crippen LogP contribution is 2.21. The Morgan fingerprint density at radius 1 is 1.08 bits per heavy atom. The van der Waals surface area contributed by atoms with Gasteiger partial charge < -0.3 is 10.6 Å². The summed E-state index contributed by atoms with van der Waals surface area (Å²) in [5.74, 6) is 0. The SMILES string of the molecule is O=C(NCc1ccc(S(=O)(=O)N2CCCC2)cc1)Nc1cccc(Cl)c1. The fourth-order valence-electron chi connectivity index (χ4n) is 2.78. The molecular formula is C18H20ClN3O3S. The molecule has 0 spiro atoms. The van der Waals surface area contributed by atoms with Gasteiger partial charge in [-0.15, -0.1) is 0 Å². The number of hydrogen-bond acceptors (Lipinski definition) is 3. The Bertz CT molecular complexity index is 879. The zero-order valence-corrected chi connectivity index (χ0v) is 15.7. The normalized spacial score (nSPS) is 15.0. The third-order valence-corrected chi connectivity index (χ3v) is 6.31. The standard InChI is InChI=1S/C18H20ClN3O3S/c19-15-4-3-5-16(12-15)21-18(23)20-13-14-6-8-17(9-7-14)26(24,25)22-10-1-2-11-22/h3-9,12H,1-2,10-11,13H2,(H2,20,21,23). The maximum atomic E-state index is 12.5. The summed E-state index contributed by atoms with van der Waals surface area (Å²) in [7, 11) is -3.41. The molecule has 0 radical (unpaired) electrons. The molecule has 2 N–H and O–H groups in total. The second-order valence-corrected chi connectivity index (χ2v) is 8.45. The lowest BCUT2D eigenvalue weighted by Crippen LogP contribution is -2.28. The van der Waals surface area contributed by atoms with Crippen LogP contribution >= 0.6 is 11.6 Å². The number of nitrogens with zero attached hydrogens (tertiary/aromatic N) is 1. The molecular weight excluding hydrogens is 374 g/mol. The summed E-state index contributed by atoms with van der Waals surface area (Å²) in [6.45, 7) is 1.45. The van der Waals surface area contributed by atoms with Gasteiger partial charge in [0.05, 0.1) is 4.90 Å². The van der Waals surface area contributed by atoms with Crippen molar-refractivity contribution in [2.75, 3.05) is 18.4 Å². The van der Waals surface area contributed by atoms with E-state index in [1.54, 1.807) is 48.5 Å². The average Bonchev–Trinajstić information content (AvgIpc) is 3.16. The smallest absolute Gasteiger partial charge is 0.319 e. The van der Waals surface area contributed by atoms with Crippen molar-refractivity contribution in [3.63, 3.8) is 0 Å². The van der Waals surface area contributed by atoms with Crippen LogP contribution in [0.3, 0.4) is 0 Å². The maximum Gasteiger partial charge on any atom is 0.319 e. The Labute approximate surface area is 158 Å². The molecule has 1 aliphatic heterocycles. The molecule has 138 valence electrons. The molecule has 0 aromatic heterocycles. The van der Waals surface area contributed by atoms with E-state index in [1.807, 2.05) is 0 Å². The summed E-state index contributed by atoms with van der Waals surface area (Å²) in [5, 5.41) is 5.96. The molecule has 8 heteroatoms. The van der Waals surface area contributed by atoms with E-state index in [1.165, 1.54) is 4.31 Å². The summed E-state index contributed by atoms with van der Waals surface area (Å²) in [6.07, 6.45) is 1.81. The van der Waals surface area contributed by atoms with Gasteiger partial charge in [-0.25, -0.2) is 13.2 Å². The molecule has 2 amide bonds. The van der Waals surface area contributed by atoms with Gasteiger partial charge in [0.2, 0.25) is 10.0 Å². The predicted molar refractivity (Wildman–Crippen MR) is 102 cm³/mol. The van der Waals surface area contributed by atoms with E-state index in [2.05, 4.69) is 10.6 Å². The summed E-state index contributed by atoms with van der Waals surface area (Å²) < 4.78 is 26.5. The molecule has 0 unspecified atom stereocenters. The van der Waals surface area contributed by atoms with Gasteiger partial charge in [0.25, 0.3) is 0 Å². The van der Waals surface area contributed by atoms with Crippen LogP contribution in [0.4, 0.5) is 10.5 Å². The highest BCUT2D eigenvalue weighted by Gasteiger charge is 2.26. The molecule has 2 aromatic rings. The monoisotopic (exact) mass is 393 g/mol. The van der Waals surface area contributed by atoms with Crippen molar-refractivity contribution in [2.45, 2.75) is 24.3 Å². The number of amides is 2. The Morgan fingerprint density at radius 3 is 2.42 bits per heavy atom. The quantitative estimate of drug-likeness (QED) is 0.816. The van der Waals surface area contributed by atoms with Crippen LogP contribution in [0.5, 0.6) is 0 Å². The van der Waals surface area contributed by atoms with Gasteiger partial charge in [0.15, 0.2) is 0 Å². The number of urea groups is 1. The van der Waals surface area contributed by atoms with Crippen molar-refractivity contribution < 1.29 is 13.2 Å². The summed E-state index contributed by atoms with van der Waals surface area (Å²) >= 11 is 5.88. The Hall–Kier alpha value is -2.09. The molecule has 26 heavy (non-hydrogen) atoms. The molecule has 0 bridgehead atoms. The molecule has 1 aliphatic rings. The van der Waals surface area contributed by atoms with Gasteiger partial charge in [0.1, 0.15) is 0 Å². The van der Waals surface area contributed by atoms with Crippen LogP contribution in [0.25, 0.3) is 0 Å². The summed E-state index contributed by atoms with van der Waals surface area (Å²) in [4.78, 5) is 12.2. The molecule has 1 heterocycles. The van der Waals surface area contributed by atoms with Crippen molar-refractivity contribution >= 4 is 33.3 Å². The summed E-state index contributed by atoms with van der Waals surface area (Å²) in [6, 6.07) is 13.1. The zero-order valence-electron chi connectivity index (χ0n) is 14.1. The lowest BCUT2D eigenvalue weighted by Gasteiger charge is -2.15. The minimum atomic E-state index is -3.41. The topological polar surface area (TPSA) is 78.5 Å². The van der Waals surface area contributed by atoms with Crippen LogP contribution in [0.15, 0.2) is 53.4 Å². The van der Waals surface area contributed by atoms with Crippen LogP contribution in [0, 0.1) is 0 Å². The lowest BCUT2D eigenvalue weighted by molar-refractivity contribution is 0.251. The maximum absolute atomic E-state index is 12.5. The van der Waals surface area contributed by atoms with Crippen molar-refractivity contribution in [3.05, 3.63) is 59.1 Å². The van der Waals surface area contributed by atoms with Crippen LogP contribution in [-0.2, 0) is 16.6 Å². The Morgan fingerprint density at radius 2 is 1.77 bits per heavy atom. The summed E-state index contributed by atoms with van der Waals surface area (Å²) in [5.41, 5.74) is 1.41. The number of rotatable bonds is 5. The van der Waals surface area contributed by atoms with Gasteiger partial charge in [-0.2, -0.15) is 4.31 Å². The van der Waals surface area contributed by atoms with E-state index in [0.29, 0.717) is 23.8 Å². The molecule has 6 nitrogen and oxygen atoms in total. The van der Waals surface area contributed by atoms with Crippen molar-refractivity contribution in [1.82, 2.24) is 9.62 Å². The number of carbonyl (C=O) groups excluding carboxylic acids is 1. The number of anilines is 1. The van der Waals surface area contributed by atoms with E-state index < -0.39 is 10.0 Å². The minimum Gasteiger partial charge on any atom is -0.334 e. The average molecular weight is 394 g/mol. The van der Waals surface area contributed by atoms with Crippen molar-refractivity contribution in [3.8, 4) is 0 Å². The fraction of sp³-hybridized carbons (Fsp3) is 0.278. The Kier molecular flexibility index (Phi) is 5.80. The van der Waals surface area contributed by atoms with E-state index >= 15 is 0 Å².